The molecule has 10 atom stereocenters. The summed E-state index contributed by atoms with van der Waals surface area (Å²) in [6.45, 7) is 17.4. The Morgan fingerprint density at radius 3 is 1.65 bits per heavy atom. The molecule has 0 bridgehead atoms. The number of ether oxygens (including phenoxy) is 10. The van der Waals surface area contributed by atoms with Crippen molar-refractivity contribution in [2.24, 2.45) is 40.1 Å². The van der Waals surface area contributed by atoms with Crippen molar-refractivity contribution in [2.45, 2.75) is 231 Å². The van der Waals surface area contributed by atoms with Gasteiger partial charge in [0.05, 0.1) is 160 Å². The number of aryl methyl sites for hydroxylation is 2. The van der Waals surface area contributed by atoms with Gasteiger partial charge in [0.15, 0.2) is 0 Å². The minimum absolute atomic E-state index is 0.00690. The number of benzene rings is 4. The molecule has 16 N–H and O–H groups in total. The number of rotatable bonds is 59. The summed E-state index contributed by atoms with van der Waals surface area (Å²) < 4.78 is 67.3. The fraction of sp³-hybridized carbons (Fsp3) is 0.631. The number of nitrogens with two attached hydrogens (primary N) is 2. The zero-order valence-corrected chi connectivity index (χ0v) is 83.4. The molecule has 5 aliphatic carbocycles. The van der Waals surface area contributed by atoms with E-state index in [1.54, 1.807) is 24.8 Å². The number of anilines is 2. The molecular weight excluding hydrogens is 1820 g/mol. The molecule has 36 nitrogen and oxygen atoms in total. The number of phenols is 1. The van der Waals surface area contributed by atoms with Gasteiger partial charge in [-0.25, -0.2) is 4.79 Å². The van der Waals surface area contributed by atoms with Crippen LogP contribution in [0.3, 0.4) is 0 Å². The minimum atomic E-state index is -4.09. The first kappa shape index (κ1) is 112. The molecule has 0 spiro atoms. The molecular formula is C103H151N12O24P. The van der Waals surface area contributed by atoms with Crippen LogP contribution in [0.1, 0.15) is 215 Å². The topological polar surface area (TPSA) is 504 Å². The fourth-order valence-electron chi connectivity index (χ4n) is 20.4. The molecule has 2 saturated carbocycles. The first-order valence-electron chi connectivity index (χ1n) is 50.0. The standard InChI is InChI=1S/C103H151N12O24P/c1-71(2)93(96(123)112-83(24-16-45-109-99(105)126)94(121)110-77-33-29-73-31-35-86-100(3,79(73)67-77)40-17-42-102(86,5)97(124)114-98(125)103(6)43-18-41-101(4)80-68-78(116)34-30-74(80)32-36-87(101)103)113-95(122)82(23-14-15-44-107-90(119)70-139-85-26-9-7-8-22-81(92(85)104)106-46-49-131-52-55-134-59-60-136-61-62-137-63-64-138-65-66-140(127,128)129)111-89(118)39-48-130-51-54-133-57-58-135-56-53-132-50-47-108-88(117)37-38-91(120)115-69-76-21-11-10-19-72(76)27-28-75-20-12-13-25-84(75)115/h10-13,19-21,25,29-30,33-34,67-68,71,82-83,85-87,93,106,116H,7-9,14-18,22-24,26,31-32,35-66,69-70,104H2,1-6H3,(H,107,119)(H,108,117)(H,110,121)(H,111,118)(H,112,123)(H,113,122)(H3,105,109,126)(H,114,124,125)(H2,127,128,129)/t82-,83+,85?,86?,87-,93+,100-,101-,102+,103+/m1/s1. The normalized spacial score (nSPS) is 21.0. The Bertz CT molecular complexity index is 4910. The van der Waals surface area contributed by atoms with Gasteiger partial charge in [-0.05, 0) is 202 Å². The van der Waals surface area contributed by atoms with Crippen LogP contribution in [-0.4, -0.2) is 256 Å². The summed E-state index contributed by atoms with van der Waals surface area (Å²) in [7, 11) is -4.09. The summed E-state index contributed by atoms with van der Waals surface area (Å²) in [4.78, 5) is 159. The number of aromatic hydroxyl groups is 1. The molecule has 0 radical (unpaired) electrons. The third-order valence-electron chi connectivity index (χ3n) is 28.0. The predicted octanol–water partition coefficient (Wildman–Crippen LogP) is 8.21. The first-order valence-corrected chi connectivity index (χ1v) is 51.8. The van der Waals surface area contributed by atoms with Gasteiger partial charge in [0.25, 0.3) is 0 Å². The molecule has 2 fully saturated rings. The Balaban J connectivity index is 0.684. The van der Waals surface area contributed by atoms with E-state index >= 15 is 4.79 Å². The smallest absolute Gasteiger partial charge is 0.327 e. The SMILES string of the molecule is CC(C)[C@H](NC(=O)[C@@H](CCCCNC(=O)COC1CCCCCC(NCCOCCOCCOCCOCCOCCP(=O)(O)O)=C1N)NC(=O)CCOCCOCCOCCOCCNC(=O)CCC(=O)N1Cc2ccccc2C#Cc2ccccc21)C(=O)N[C@@H](CCCNC(N)=O)C(=O)Nc1ccc2c(c1)[C@@]1(C)CCC[C@](C)(C(=O)NC(=O)[C@@]3(C)CCC[C@]4(C)c5cc(O)ccc5CC[C@@H]34)C1CC2. The van der Waals surface area contributed by atoms with E-state index < -0.39 is 83.6 Å². The van der Waals surface area contributed by atoms with E-state index in [2.05, 4.69) is 73.5 Å². The lowest BCUT2D eigenvalue weighted by molar-refractivity contribution is -0.150. The van der Waals surface area contributed by atoms with Crippen molar-refractivity contribution in [3.63, 3.8) is 0 Å². The van der Waals surface area contributed by atoms with Crippen LogP contribution in [-0.2, 0) is 125 Å². The zero-order chi connectivity index (χ0) is 101. The van der Waals surface area contributed by atoms with E-state index in [4.69, 9.17) is 68.6 Å². The number of para-hydroxylation sites is 1. The third-order valence-corrected chi connectivity index (χ3v) is 28.7. The van der Waals surface area contributed by atoms with Gasteiger partial charge in [0.2, 0.25) is 53.2 Å². The highest BCUT2D eigenvalue weighted by Crippen LogP contribution is 2.60. The molecule has 0 aromatic heterocycles. The second-order valence-electron chi connectivity index (χ2n) is 38.4. The van der Waals surface area contributed by atoms with Crippen molar-refractivity contribution < 1.29 is 115 Å². The highest BCUT2D eigenvalue weighted by atomic mass is 31.2. The summed E-state index contributed by atoms with van der Waals surface area (Å²) in [6.07, 6.45) is 11.3. The van der Waals surface area contributed by atoms with E-state index in [0.29, 0.717) is 134 Å². The third kappa shape index (κ3) is 34.1. The van der Waals surface area contributed by atoms with Crippen LogP contribution in [0.4, 0.5) is 16.2 Å². The lowest BCUT2D eigenvalue weighted by Crippen LogP contribution is -2.60. The number of carbonyl (C=O) groups excluding carboxylic acids is 10. The lowest BCUT2D eigenvalue weighted by atomic mass is 9.49. The minimum Gasteiger partial charge on any atom is -0.508 e. The van der Waals surface area contributed by atoms with Gasteiger partial charge >= 0.3 is 13.6 Å². The maximum atomic E-state index is 15.1. The molecule has 4 aromatic carbocycles. The molecule has 11 amide bonds. The number of fused-ring (bicyclic) bond motifs is 8. The summed E-state index contributed by atoms with van der Waals surface area (Å²) in [5.74, 6) is 1.97. The largest absolute Gasteiger partial charge is 0.508 e. The van der Waals surface area contributed by atoms with Crippen molar-refractivity contribution in [2.75, 3.05) is 168 Å². The van der Waals surface area contributed by atoms with E-state index in [1.807, 2.05) is 92.7 Å². The Morgan fingerprint density at radius 2 is 1.04 bits per heavy atom. The number of phenolic OH excluding ortho intramolecular Hbond substituents is 1. The molecule has 772 valence electrons. The first-order chi connectivity index (χ1) is 67.3. The van der Waals surface area contributed by atoms with Crippen molar-refractivity contribution in [1.82, 2.24) is 42.5 Å². The second-order valence-corrected chi connectivity index (χ2v) is 40.2. The zero-order valence-electron chi connectivity index (χ0n) is 82.5. The van der Waals surface area contributed by atoms with Crippen LogP contribution in [0.2, 0.25) is 0 Å². The number of amides is 11. The van der Waals surface area contributed by atoms with E-state index in [0.717, 1.165) is 90.4 Å². The van der Waals surface area contributed by atoms with E-state index in [9.17, 15) is 52.8 Å². The molecule has 37 heteroatoms. The van der Waals surface area contributed by atoms with Gasteiger partial charge in [-0.2, -0.15) is 0 Å². The molecule has 2 unspecified atom stereocenters. The molecule has 4 aromatic rings. The molecule has 10 rings (SSSR count). The van der Waals surface area contributed by atoms with Crippen molar-refractivity contribution in [1.29, 1.82) is 0 Å². The quantitative estimate of drug-likeness (QED) is 0.00856. The van der Waals surface area contributed by atoms with Gasteiger partial charge in [-0.3, -0.25) is 53.0 Å². The predicted molar refractivity (Wildman–Crippen MR) is 526 cm³/mol. The van der Waals surface area contributed by atoms with Gasteiger partial charge in [-0.1, -0.05) is 122 Å². The second kappa shape index (κ2) is 56.8. The lowest BCUT2D eigenvalue weighted by Gasteiger charge is -2.56. The summed E-state index contributed by atoms with van der Waals surface area (Å²) in [5.41, 5.74) is 18.9. The Labute approximate surface area is 823 Å². The van der Waals surface area contributed by atoms with Crippen molar-refractivity contribution in [3.8, 4) is 17.6 Å². The maximum absolute atomic E-state index is 15.1. The van der Waals surface area contributed by atoms with Gasteiger partial charge in [0, 0.05) is 68.0 Å². The van der Waals surface area contributed by atoms with Crippen LogP contribution in [0, 0.1) is 40.4 Å². The number of unbranched alkanes of at least 4 members (excludes halogenated alkanes) is 1. The van der Waals surface area contributed by atoms with Crippen LogP contribution in [0.15, 0.2) is 96.3 Å². The monoisotopic (exact) mass is 1970 g/mol. The van der Waals surface area contributed by atoms with Crippen LogP contribution in [0.25, 0.3) is 0 Å². The number of nitrogens with zero attached hydrogens (tertiary/aromatic N) is 1. The molecule has 1 heterocycles. The highest BCUT2D eigenvalue weighted by Gasteiger charge is 2.59. The van der Waals surface area contributed by atoms with Crippen molar-refractivity contribution >= 4 is 78.2 Å². The molecule has 0 saturated heterocycles. The van der Waals surface area contributed by atoms with E-state index in [1.165, 1.54) is 5.56 Å². The average molecular weight is 1970 g/mol. The van der Waals surface area contributed by atoms with Gasteiger partial charge in [-0.15, -0.1) is 0 Å². The number of urea groups is 1. The van der Waals surface area contributed by atoms with Crippen molar-refractivity contribution in [3.05, 3.63) is 135 Å². The number of carbonyl (C=O) groups is 10. The molecule has 6 aliphatic rings. The number of hydrogen-bond donors (Lipinski definition) is 14. The Kier molecular flexibility index (Phi) is 45.4. The van der Waals surface area contributed by atoms with Crippen LogP contribution >= 0.6 is 7.60 Å². The summed E-state index contributed by atoms with van der Waals surface area (Å²) >= 11 is 0. The van der Waals surface area contributed by atoms with E-state index in [-0.39, 0.29) is 196 Å². The number of nitrogens with one attached hydrogen (secondary N) is 9. The number of imide groups is 1. The maximum Gasteiger partial charge on any atom is 0.327 e. The Hall–Kier alpha value is -9.97. The number of primary amides is 1. The summed E-state index contributed by atoms with van der Waals surface area (Å²) in [6, 6.07) is 22.1. The number of allylic oxidation sites excluding steroid dienone is 1. The summed E-state index contributed by atoms with van der Waals surface area (Å²) in [5, 5.41) is 37.0. The highest BCUT2D eigenvalue weighted by molar-refractivity contribution is 7.51. The average Bonchev–Trinajstić information content (AvgIpc) is 0.716. The fourth-order valence-corrected chi connectivity index (χ4v) is 20.8. The van der Waals surface area contributed by atoms with Gasteiger partial charge in [0.1, 0.15) is 30.5 Å². The Morgan fingerprint density at radius 1 is 0.500 bits per heavy atom. The van der Waals surface area contributed by atoms with Crippen LogP contribution in [0.5, 0.6) is 5.75 Å². The van der Waals surface area contributed by atoms with Crippen LogP contribution < -0.4 is 64.2 Å². The molecule has 140 heavy (non-hydrogen) atoms. The van der Waals surface area contributed by atoms with Gasteiger partial charge < -0.3 is 121 Å². The number of hydrogen-bond acceptors (Lipinski definition) is 24. The molecule has 1 aliphatic heterocycles.